The Morgan fingerprint density at radius 2 is 1.94 bits per heavy atom. The molecule has 0 aliphatic rings. The monoisotopic (exact) mass is 407 g/mol. The quantitative estimate of drug-likeness (QED) is 0.784. The van der Waals surface area contributed by atoms with Gasteiger partial charge in [0.2, 0.25) is 10.0 Å². The van der Waals surface area contributed by atoms with E-state index in [2.05, 4.69) is 31.9 Å². The van der Waals surface area contributed by atoms with E-state index >= 15 is 0 Å². The first-order valence-electron chi connectivity index (χ1n) is 4.65. The van der Waals surface area contributed by atoms with Crippen molar-refractivity contribution in [2.45, 2.75) is 17.4 Å². The number of benzene rings is 1. The molecule has 2 N–H and O–H groups in total. The summed E-state index contributed by atoms with van der Waals surface area (Å²) < 4.78 is 50.5. The van der Waals surface area contributed by atoms with Crippen molar-refractivity contribution in [3.05, 3.63) is 27.1 Å². The Balaban J connectivity index is 2.90. The molecule has 1 unspecified atom stereocenters. The third kappa shape index (κ3) is 4.23. The van der Waals surface area contributed by atoms with E-state index in [0.717, 1.165) is 0 Å². The van der Waals surface area contributed by atoms with E-state index in [1.807, 2.05) is 4.72 Å². The van der Waals surface area contributed by atoms with Gasteiger partial charge in [0.25, 0.3) is 6.43 Å². The van der Waals surface area contributed by atoms with Crippen LogP contribution in [0.15, 0.2) is 32.0 Å². The minimum atomic E-state index is -3.96. The normalized spacial score (nSPS) is 13.9. The van der Waals surface area contributed by atoms with E-state index in [4.69, 9.17) is 5.11 Å². The summed E-state index contributed by atoms with van der Waals surface area (Å²) in [5.41, 5.74) is 0. The van der Waals surface area contributed by atoms with Crippen LogP contribution in [0, 0.1) is 0 Å². The van der Waals surface area contributed by atoms with Crippen molar-refractivity contribution in [1.29, 1.82) is 0 Å². The van der Waals surface area contributed by atoms with Crippen LogP contribution in [0.2, 0.25) is 0 Å². The molecule has 1 aromatic rings. The van der Waals surface area contributed by atoms with Crippen LogP contribution in [0.1, 0.15) is 0 Å². The fraction of sp³-hybridized carbons (Fsp3) is 0.333. The average Bonchev–Trinajstić information content (AvgIpc) is 2.29. The van der Waals surface area contributed by atoms with Crippen molar-refractivity contribution in [2.75, 3.05) is 6.54 Å². The second-order valence-electron chi connectivity index (χ2n) is 3.33. The van der Waals surface area contributed by atoms with Crippen LogP contribution in [-0.4, -0.2) is 32.6 Å². The van der Waals surface area contributed by atoms with E-state index < -0.39 is 29.1 Å². The molecule has 0 aliphatic heterocycles. The Bertz CT molecular complexity index is 525. The Labute approximate surface area is 120 Å². The van der Waals surface area contributed by atoms with E-state index in [1.165, 1.54) is 12.1 Å². The highest BCUT2D eigenvalue weighted by Gasteiger charge is 2.22. The molecular weight excluding hydrogens is 400 g/mol. The Morgan fingerprint density at radius 1 is 1.33 bits per heavy atom. The maximum absolute atomic E-state index is 12.0. The first-order valence-corrected chi connectivity index (χ1v) is 7.72. The zero-order valence-corrected chi connectivity index (χ0v) is 12.8. The van der Waals surface area contributed by atoms with Crippen LogP contribution in [-0.2, 0) is 10.0 Å². The van der Waals surface area contributed by atoms with Gasteiger partial charge in [0.1, 0.15) is 6.10 Å². The zero-order chi connectivity index (χ0) is 13.9. The van der Waals surface area contributed by atoms with Gasteiger partial charge in [-0.25, -0.2) is 21.9 Å². The average molecular weight is 409 g/mol. The van der Waals surface area contributed by atoms with Crippen LogP contribution in [0.3, 0.4) is 0 Å². The maximum Gasteiger partial charge on any atom is 0.265 e. The van der Waals surface area contributed by atoms with Gasteiger partial charge in [-0.15, -0.1) is 0 Å². The fourth-order valence-electron chi connectivity index (χ4n) is 1.05. The van der Waals surface area contributed by atoms with Crippen LogP contribution >= 0.6 is 31.9 Å². The van der Waals surface area contributed by atoms with Crippen LogP contribution < -0.4 is 4.72 Å². The Kier molecular flexibility index (Phi) is 5.66. The molecule has 0 bridgehead atoms. The number of aliphatic hydroxyl groups is 1. The molecule has 9 heteroatoms. The molecule has 4 nitrogen and oxygen atoms in total. The van der Waals surface area contributed by atoms with E-state index in [0.29, 0.717) is 8.95 Å². The molecule has 1 atom stereocenters. The third-order valence-corrected chi connectivity index (χ3v) is 4.87. The molecule has 102 valence electrons. The number of hydrogen-bond acceptors (Lipinski definition) is 3. The van der Waals surface area contributed by atoms with Crippen molar-refractivity contribution in [2.24, 2.45) is 0 Å². The smallest absolute Gasteiger partial charge is 0.265 e. The number of nitrogens with one attached hydrogen (secondary N) is 1. The lowest BCUT2D eigenvalue weighted by Gasteiger charge is -2.12. The minimum absolute atomic E-state index is 0.0988. The van der Waals surface area contributed by atoms with Gasteiger partial charge in [0, 0.05) is 15.5 Å². The molecule has 0 saturated carbocycles. The highest BCUT2D eigenvalue weighted by molar-refractivity contribution is 9.11. The van der Waals surface area contributed by atoms with Crippen molar-refractivity contribution in [3.8, 4) is 0 Å². The molecule has 0 heterocycles. The van der Waals surface area contributed by atoms with Gasteiger partial charge >= 0.3 is 0 Å². The van der Waals surface area contributed by atoms with Gasteiger partial charge in [0.15, 0.2) is 0 Å². The van der Waals surface area contributed by atoms with Crippen molar-refractivity contribution >= 4 is 41.9 Å². The molecule has 1 rings (SSSR count). The van der Waals surface area contributed by atoms with Gasteiger partial charge in [-0.1, -0.05) is 15.9 Å². The Morgan fingerprint density at radius 3 is 2.50 bits per heavy atom. The third-order valence-electron chi connectivity index (χ3n) is 1.96. The highest BCUT2D eigenvalue weighted by Crippen LogP contribution is 2.25. The summed E-state index contributed by atoms with van der Waals surface area (Å²) in [5, 5.41) is 8.86. The van der Waals surface area contributed by atoms with E-state index in [-0.39, 0.29) is 4.90 Å². The number of hydrogen-bond donors (Lipinski definition) is 2. The van der Waals surface area contributed by atoms with Gasteiger partial charge in [-0.05, 0) is 34.1 Å². The lowest BCUT2D eigenvalue weighted by atomic mass is 10.4. The summed E-state index contributed by atoms with van der Waals surface area (Å²) in [4.78, 5) is -0.0988. The maximum atomic E-state index is 12.0. The van der Waals surface area contributed by atoms with Gasteiger partial charge in [-0.2, -0.15) is 0 Å². The molecule has 1 aromatic carbocycles. The summed E-state index contributed by atoms with van der Waals surface area (Å²) >= 11 is 6.16. The topological polar surface area (TPSA) is 66.4 Å². The summed E-state index contributed by atoms with van der Waals surface area (Å²) in [6.07, 6.45) is -5.04. The van der Waals surface area contributed by atoms with E-state index in [1.54, 1.807) is 6.07 Å². The number of alkyl halides is 2. The van der Waals surface area contributed by atoms with Crippen molar-refractivity contribution in [3.63, 3.8) is 0 Å². The van der Waals surface area contributed by atoms with Crippen LogP contribution in [0.5, 0.6) is 0 Å². The number of rotatable bonds is 5. The molecule has 0 spiro atoms. The SMILES string of the molecule is O=S(=O)(NCC(O)C(F)F)c1cc(Br)ccc1Br. The fourth-order valence-corrected chi connectivity index (χ4v) is 3.60. The molecule has 0 amide bonds. The zero-order valence-electron chi connectivity index (χ0n) is 8.78. The van der Waals surface area contributed by atoms with Gasteiger partial charge in [0.05, 0.1) is 4.90 Å². The van der Waals surface area contributed by atoms with Crippen LogP contribution in [0.25, 0.3) is 0 Å². The molecule has 0 aromatic heterocycles. The molecule has 0 aliphatic carbocycles. The summed E-state index contributed by atoms with van der Waals surface area (Å²) in [6.45, 7) is -0.751. The highest BCUT2D eigenvalue weighted by atomic mass is 79.9. The van der Waals surface area contributed by atoms with Gasteiger partial charge in [-0.3, -0.25) is 0 Å². The van der Waals surface area contributed by atoms with Crippen LogP contribution in [0.4, 0.5) is 8.78 Å². The second-order valence-corrected chi connectivity index (χ2v) is 6.83. The molecule has 0 radical (unpaired) electrons. The summed E-state index contributed by atoms with van der Waals surface area (Å²) in [6, 6.07) is 4.44. The molecule has 0 saturated heterocycles. The number of sulfonamides is 1. The number of aliphatic hydroxyl groups excluding tert-OH is 1. The van der Waals surface area contributed by atoms with E-state index in [9.17, 15) is 17.2 Å². The second kappa shape index (κ2) is 6.38. The predicted octanol–water partition coefficient (Wildman–Crippen LogP) is 2.12. The van der Waals surface area contributed by atoms with Crippen molar-refractivity contribution < 1.29 is 22.3 Å². The Hall–Kier alpha value is -0.0900. The summed E-state index contributed by atoms with van der Waals surface area (Å²) in [5.74, 6) is 0. The molecule has 0 fully saturated rings. The standard InChI is InChI=1S/C9H9Br2F2NO3S/c10-5-1-2-6(11)8(3-5)18(16,17)14-4-7(15)9(12)13/h1-3,7,9,14-15H,4H2. The summed E-state index contributed by atoms with van der Waals surface area (Å²) in [7, 11) is -3.96. The van der Waals surface area contributed by atoms with Crippen molar-refractivity contribution in [1.82, 2.24) is 4.72 Å². The first kappa shape index (κ1) is 16.0. The van der Waals surface area contributed by atoms with Gasteiger partial charge < -0.3 is 5.11 Å². The lowest BCUT2D eigenvalue weighted by Crippen LogP contribution is -2.35. The predicted molar refractivity (Wildman–Crippen MR) is 69.0 cm³/mol. The lowest BCUT2D eigenvalue weighted by molar-refractivity contribution is -0.000452. The first-order chi connectivity index (χ1) is 8.24. The minimum Gasteiger partial charge on any atom is -0.386 e. The molecular formula is C9H9Br2F2NO3S. The molecule has 18 heavy (non-hydrogen) atoms. The largest absolute Gasteiger partial charge is 0.386 e. The number of halogens is 4.